The predicted molar refractivity (Wildman–Crippen MR) is 134 cm³/mol. The number of amides is 1. The van der Waals surface area contributed by atoms with Gasteiger partial charge in [0.15, 0.2) is 0 Å². The molecule has 0 radical (unpaired) electrons. The Morgan fingerprint density at radius 3 is 2.81 bits per heavy atom. The Morgan fingerprint density at radius 2 is 2.06 bits per heavy atom. The van der Waals surface area contributed by atoms with Crippen LogP contribution in [0.4, 0.5) is 0 Å². The van der Waals surface area contributed by atoms with Crippen molar-refractivity contribution in [2.24, 2.45) is 0 Å². The van der Waals surface area contributed by atoms with Gasteiger partial charge in [-0.05, 0) is 51.5 Å². The van der Waals surface area contributed by atoms with Crippen LogP contribution in [0.25, 0.3) is 22.0 Å². The smallest absolute Gasteiger partial charge is 0.253 e. The van der Waals surface area contributed by atoms with Crippen LogP contribution in [0.2, 0.25) is 0 Å². The fourth-order valence-electron chi connectivity index (χ4n) is 4.34. The summed E-state index contributed by atoms with van der Waals surface area (Å²) >= 11 is 1.66. The number of hydrogen-bond donors (Lipinski definition) is 1. The normalized spacial score (nSPS) is 13.8. The molecule has 168 valence electrons. The van der Waals surface area contributed by atoms with Gasteiger partial charge in [0.1, 0.15) is 5.01 Å². The number of aromatic nitrogens is 2. The zero-order valence-corrected chi connectivity index (χ0v) is 20.0. The van der Waals surface area contributed by atoms with Crippen LogP contribution < -0.4 is 5.32 Å². The highest BCUT2D eigenvalue weighted by molar-refractivity contribution is 7.13. The minimum atomic E-state index is 0.0198. The molecule has 0 spiro atoms. The zero-order chi connectivity index (χ0) is 22.3. The molecule has 32 heavy (non-hydrogen) atoms. The SMILES string of the molecule is CCCCNC(=O)c1cc(-c2csc(-c3ccccc3)n2)n(CCC2=CCCCC2)c1C. The molecular formula is C27H33N3OS. The van der Waals surface area contributed by atoms with Gasteiger partial charge in [0.2, 0.25) is 0 Å². The van der Waals surface area contributed by atoms with E-state index in [2.05, 4.69) is 47.3 Å². The fourth-order valence-corrected chi connectivity index (χ4v) is 5.16. The summed E-state index contributed by atoms with van der Waals surface area (Å²) in [7, 11) is 0. The Morgan fingerprint density at radius 1 is 1.22 bits per heavy atom. The number of hydrogen-bond acceptors (Lipinski definition) is 3. The minimum absolute atomic E-state index is 0.0198. The standard InChI is InChI=1S/C27H33N3OS/c1-3-4-16-28-26(31)23-18-25(24-19-32-27(29-24)22-13-9-6-10-14-22)30(20(23)2)17-15-21-11-7-5-8-12-21/h6,9-11,13-14,18-19H,3-5,7-8,12,15-17H2,1-2H3,(H,28,31). The Labute approximate surface area is 195 Å². The van der Waals surface area contributed by atoms with E-state index in [-0.39, 0.29) is 5.91 Å². The molecule has 1 amide bonds. The van der Waals surface area contributed by atoms with Gasteiger partial charge in [0.25, 0.3) is 5.91 Å². The van der Waals surface area contributed by atoms with Crippen molar-refractivity contribution in [2.75, 3.05) is 6.54 Å². The molecule has 0 fully saturated rings. The van der Waals surface area contributed by atoms with Crippen molar-refractivity contribution in [2.45, 2.75) is 65.3 Å². The van der Waals surface area contributed by atoms with Crippen LogP contribution in [0.3, 0.4) is 0 Å². The lowest BCUT2D eigenvalue weighted by atomic mass is 9.97. The summed E-state index contributed by atoms with van der Waals surface area (Å²) in [5, 5.41) is 6.21. The van der Waals surface area contributed by atoms with Gasteiger partial charge < -0.3 is 9.88 Å². The lowest BCUT2D eigenvalue weighted by molar-refractivity contribution is 0.0952. The Kier molecular flexibility index (Phi) is 7.59. The molecule has 4 nitrogen and oxygen atoms in total. The third-order valence-electron chi connectivity index (χ3n) is 6.26. The van der Waals surface area contributed by atoms with Crippen LogP contribution in [0.15, 0.2) is 53.4 Å². The molecule has 0 saturated heterocycles. The van der Waals surface area contributed by atoms with Crippen molar-refractivity contribution >= 4 is 17.2 Å². The van der Waals surface area contributed by atoms with Crippen molar-refractivity contribution < 1.29 is 4.79 Å². The number of nitrogens with one attached hydrogen (secondary N) is 1. The first-order valence-corrected chi connectivity index (χ1v) is 12.7. The van der Waals surface area contributed by atoms with Crippen LogP contribution in [-0.4, -0.2) is 22.0 Å². The number of allylic oxidation sites excluding steroid dienone is 2. The van der Waals surface area contributed by atoms with E-state index in [0.717, 1.165) is 65.6 Å². The molecule has 4 rings (SSSR count). The second kappa shape index (κ2) is 10.8. The Balaban J connectivity index is 1.64. The van der Waals surface area contributed by atoms with Crippen LogP contribution in [0, 0.1) is 6.92 Å². The van der Waals surface area contributed by atoms with Crippen molar-refractivity contribution in [1.29, 1.82) is 0 Å². The second-order valence-electron chi connectivity index (χ2n) is 8.55. The number of rotatable bonds is 9. The zero-order valence-electron chi connectivity index (χ0n) is 19.2. The lowest BCUT2D eigenvalue weighted by Gasteiger charge is -2.15. The monoisotopic (exact) mass is 447 g/mol. The summed E-state index contributed by atoms with van der Waals surface area (Å²) < 4.78 is 2.30. The summed E-state index contributed by atoms with van der Waals surface area (Å²) in [5.41, 5.74) is 6.46. The van der Waals surface area contributed by atoms with Gasteiger partial charge in [-0.3, -0.25) is 4.79 Å². The van der Waals surface area contributed by atoms with Gasteiger partial charge >= 0.3 is 0 Å². The number of unbranched alkanes of at least 4 members (excludes halogenated alkanes) is 1. The molecule has 2 heterocycles. The molecule has 5 heteroatoms. The third-order valence-corrected chi connectivity index (χ3v) is 7.15. The largest absolute Gasteiger partial charge is 0.352 e. The highest BCUT2D eigenvalue weighted by atomic mass is 32.1. The average Bonchev–Trinajstić information content (AvgIpc) is 3.44. The van der Waals surface area contributed by atoms with Crippen LogP contribution in [0.1, 0.15) is 67.9 Å². The van der Waals surface area contributed by atoms with Gasteiger partial charge in [0, 0.05) is 29.7 Å². The Bertz CT molecular complexity index is 1080. The summed E-state index contributed by atoms with van der Waals surface area (Å²) in [4.78, 5) is 17.9. The lowest BCUT2D eigenvalue weighted by Crippen LogP contribution is -2.24. The summed E-state index contributed by atoms with van der Waals surface area (Å²) in [6.07, 6.45) is 10.5. The first-order valence-electron chi connectivity index (χ1n) is 11.8. The predicted octanol–water partition coefficient (Wildman–Crippen LogP) is 7.01. The van der Waals surface area contributed by atoms with E-state index in [1.165, 1.54) is 25.7 Å². The maximum absolute atomic E-state index is 12.9. The fraction of sp³-hybridized carbons (Fsp3) is 0.407. The Hall–Kier alpha value is -2.66. The topological polar surface area (TPSA) is 46.9 Å². The second-order valence-corrected chi connectivity index (χ2v) is 9.41. The van der Waals surface area contributed by atoms with Gasteiger partial charge in [-0.15, -0.1) is 11.3 Å². The molecule has 0 atom stereocenters. The molecule has 0 bridgehead atoms. The van der Waals surface area contributed by atoms with E-state index in [0.29, 0.717) is 0 Å². The van der Waals surface area contributed by atoms with E-state index in [9.17, 15) is 4.79 Å². The number of nitrogens with zero attached hydrogens (tertiary/aromatic N) is 2. The summed E-state index contributed by atoms with van der Waals surface area (Å²) in [6, 6.07) is 12.3. The minimum Gasteiger partial charge on any atom is -0.352 e. The van der Waals surface area contributed by atoms with Crippen molar-refractivity contribution in [1.82, 2.24) is 14.9 Å². The first-order chi connectivity index (χ1) is 15.7. The molecule has 1 aromatic carbocycles. The molecule has 0 aliphatic heterocycles. The van der Waals surface area contributed by atoms with E-state index >= 15 is 0 Å². The average molecular weight is 448 g/mol. The van der Waals surface area contributed by atoms with Crippen molar-refractivity contribution in [3.05, 3.63) is 64.7 Å². The molecule has 1 aliphatic rings. The van der Waals surface area contributed by atoms with Crippen LogP contribution in [-0.2, 0) is 6.54 Å². The van der Waals surface area contributed by atoms with E-state index < -0.39 is 0 Å². The van der Waals surface area contributed by atoms with E-state index in [1.54, 1.807) is 16.9 Å². The highest BCUT2D eigenvalue weighted by Crippen LogP contribution is 2.32. The maximum atomic E-state index is 12.9. The summed E-state index contributed by atoms with van der Waals surface area (Å²) in [5.74, 6) is 0.0198. The van der Waals surface area contributed by atoms with Gasteiger partial charge in [-0.2, -0.15) is 0 Å². The van der Waals surface area contributed by atoms with Gasteiger partial charge in [-0.1, -0.05) is 55.3 Å². The highest BCUT2D eigenvalue weighted by Gasteiger charge is 2.20. The molecule has 0 unspecified atom stereocenters. The molecular weight excluding hydrogens is 414 g/mol. The van der Waals surface area contributed by atoms with E-state index in [1.807, 2.05) is 24.3 Å². The summed E-state index contributed by atoms with van der Waals surface area (Å²) in [6.45, 7) is 5.81. The van der Waals surface area contributed by atoms with Crippen molar-refractivity contribution in [3.63, 3.8) is 0 Å². The molecule has 0 saturated carbocycles. The van der Waals surface area contributed by atoms with Gasteiger partial charge in [-0.25, -0.2) is 4.98 Å². The van der Waals surface area contributed by atoms with Gasteiger partial charge in [0.05, 0.1) is 17.0 Å². The number of benzene rings is 1. The van der Waals surface area contributed by atoms with E-state index in [4.69, 9.17) is 4.98 Å². The van der Waals surface area contributed by atoms with Crippen molar-refractivity contribution in [3.8, 4) is 22.0 Å². The molecule has 3 aromatic rings. The maximum Gasteiger partial charge on any atom is 0.253 e. The third kappa shape index (κ3) is 5.21. The number of thiazole rings is 1. The first kappa shape index (κ1) is 22.5. The number of carbonyl (C=O) groups excluding carboxylic acids is 1. The quantitative estimate of drug-likeness (QED) is 0.283. The molecule has 1 aliphatic carbocycles. The van der Waals surface area contributed by atoms with Crippen LogP contribution in [0.5, 0.6) is 0 Å². The van der Waals surface area contributed by atoms with Crippen LogP contribution >= 0.6 is 11.3 Å². The number of carbonyl (C=O) groups is 1. The molecule has 1 N–H and O–H groups in total. The molecule has 2 aromatic heterocycles.